The molecule has 0 aliphatic carbocycles. The normalized spacial score (nSPS) is 10.9. The van der Waals surface area contributed by atoms with Crippen molar-refractivity contribution in [2.75, 3.05) is 12.9 Å². The van der Waals surface area contributed by atoms with Gasteiger partial charge in [0.1, 0.15) is 10.6 Å². The third-order valence-corrected chi connectivity index (χ3v) is 5.04. The third-order valence-electron chi connectivity index (χ3n) is 4.37. The van der Waals surface area contributed by atoms with Crippen molar-refractivity contribution in [1.29, 1.82) is 0 Å². The second-order valence-electron chi connectivity index (χ2n) is 6.10. The van der Waals surface area contributed by atoms with Crippen molar-refractivity contribution < 1.29 is 9.53 Å². The van der Waals surface area contributed by atoms with Gasteiger partial charge in [0.05, 0.1) is 18.0 Å². The van der Waals surface area contributed by atoms with E-state index in [2.05, 4.69) is 5.10 Å². The summed E-state index contributed by atoms with van der Waals surface area (Å²) in [5, 5.41) is 5.27. The van der Waals surface area contributed by atoms with Crippen molar-refractivity contribution in [3.8, 4) is 22.5 Å². The zero-order chi connectivity index (χ0) is 19.5. The number of carbonyl (C=O) groups excluding carboxylic acids is 1. The lowest BCUT2D eigenvalue weighted by Gasteiger charge is -2.09. The summed E-state index contributed by atoms with van der Waals surface area (Å²) < 4.78 is 7.02. The molecule has 6 heteroatoms. The molecule has 28 heavy (non-hydrogen) atoms. The average molecular weight is 389 g/mol. The topological polar surface area (TPSA) is 56.5 Å². The van der Waals surface area contributed by atoms with Crippen molar-refractivity contribution in [2.24, 2.45) is 0 Å². The summed E-state index contributed by atoms with van der Waals surface area (Å²) in [6.07, 6.45) is 1.89. The summed E-state index contributed by atoms with van der Waals surface area (Å²) >= 11 is 1.41. The number of fused-ring (bicyclic) bond motifs is 1. The molecule has 2 heterocycles. The van der Waals surface area contributed by atoms with Gasteiger partial charge < -0.3 is 4.74 Å². The van der Waals surface area contributed by atoms with Crippen LogP contribution < -0.4 is 0 Å². The van der Waals surface area contributed by atoms with Crippen molar-refractivity contribution in [1.82, 2.24) is 14.6 Å². The minimum absolute atomic E-state index is 0.300. The summed E-state index contributed by atoms with van der Waals surface area (Å²) in [4.78, 5) is 17.5. The molecule has 0 amide bonds. The van der Waals surface area contributed by atoms with Gasteiger partial charge in [-0.05, 0) is 19.2 Å². The first-order valence-electron chi connectivity index (χ1n) is 8.98. The molecule has 0 spiro atoms. The van der Waals surface area contributed by atoms with E-state index < -0.39 is 5.97 Å². The first-order valence-corrected chi connectivity index (χ1v) is 10.2. The van der Waals surface area contributed by atoms with Gasteiger partial charge in [-0.15, -0.1) is 11.8 Å². The highest BCUT2D eigenvalue weighted by Gasteiger charge is 2.24. The van der Waals surface area contributed by atoms with E-state index in [0.29, 0.717) is 22.8 Å². The van der Waals surface area contributed by atoms with Crippen LogP contribution in [0.3, 0.4) is 0 Å². The summed E-state index contributed by atoms with van der Waals surface area (Å²) in [7, 11) is 0. The summed E-state index contributed by atoms with van der Waals surface area (Å²) in [6.45, 7) is 2.09. The van der Waals surface area contributed by atoms with Gasteiger partial charge in [0.15, 0.2) is 5.65 Å². The Balaban J connectivity index is 2.05. The molecule has 0 bridgehead atoms. The van der Waals surface area contributed by atoms with Crippen LogP contribution in [-0.2, 0) is 4.74 Å². The van der Waals surface area contributed by atoms with E-state index in [1.54, 1.807) is 11.4 Å². The van der Waals surface area contributed by atoms with Crippen LogP contribution in [0, 0.1) is 0 Å². The van der Waals surface area contributed by atoms with E-state index in [-0.39, 0.29) is 0 Å². The fourth-order valence-corrected chi connectivity index (χ4v) is 3.64. The highest BCUT2D eigenvalue weighted by molar-refractivity contribution is 7.98. The van der Waals surface area contributed by atoms with E-state index in [4.69, 9.17) is 9.72 Å². The Morgan fingerprint density at radius 1 is 1.04 bits per heavy atom. The van der Waals surface area contributed by atoms with Crippen LogP contribution in [0.1, 0.15) is 17.3 Å². The Bertz CT molecular complexity index is 1120. The van der Waals surface area contributed by atoms with Gasteiger partial charge >= 0.3 is 5.97 Å². The number of hydrogen-bond acceptors (Lipinski definition) is 5. The molecule has 0 aliphatic heterocycles. The van der Waals surface area contributed by atoms with Gasteiger partial charge in [-0.3, -0.25) is 0 Å². The highest BCUT2D eigenvalue weighted by atomic mass is 32.2. The Kier molecular flexibility index (Phi) is 5.12. The molecule has 0 saturated carbocycles. The van der Waals surface area contributed by atoms with E-state index >= 15 is 0 Å². The highest BCUT2D eigenvalue weighted by Crippen LogP contribution is 2.31. The summed E-state index contributed by atoms with van der Waals surface area (Å²) in [5.74, 6) is -0.404. The number of aromatic nitrogens is 3. The molecule has 0 saturated heterocycles. The maximum atomic E-state index is 12.7. The van der Waals surface area contributed by atoms with Crippen LogP contribution in [0.25, 0.3) is 28.2 Å². The van der Waals surface area contributed by atoms with Crippen LogP contribution in [0.15, 0.2) is 71.8 Å². The Hall–Kier alpha value is -3.12. The molecule has 0 atom stereocenters. The second kappa shape index (κ2) is 7.86. The molecule has 5 nitrogen and oxygen atoms in total. The van der Waals surface area contributed by atoms with E-state index in [9.17, 15) is 4.79 Å². The van der Waals surface area contributed by atoms with Gasteiger partial charge in [0, 0.05) is 11.1 Å². The maximum Gasteiger partial charge on any atom is 0.344 e. The second-order valence-corrected chi connectivity index (χ2v) is 6.89. The van der Waals surface area contributed by atoms with Crippen LogP contribution in [0.4, 0.5) is 0 Å². The quantitative estimate of drug-likeness (QED) is 0.357. The molecule has 0 radical (unpaired) electrons. The number of nitrogens with zero attached hydrogens (tertiary/aromatic N) is 3. The van der Waals surface area contributed by atoms with Crippen molar-refractivity contribution in [2.45, 2.75) is 11.9 Å². The lowest BCUT2D eigenvalue weighted by molar-refractivity contribution is 0.0524. The molecule has 140 valence electrons. The van der Waals surface area contributed by atoms with Gasteiger partial charge in [-0.1, -0.05) is 60.7 Å². The first-order chi connectivity index (χ1) is 13.7. The molecular weight excluding hydrogens is 370 g/mol. The minimum Gasteiger partial charge on any atom is -0.462 e. The average Bonchev–Trinajstić information content (AvgIpc) is 3.13. The number of hydrogen-bond donors (Lipinski definition) is 0. The third kappa shape index (κ3) is 3.27. The van der Waals surface area contributed by atoms with Gasteiger partial charge in [-0.25, -0.2) is 14.3 Å². The fourth-order valence-electron chi connectivity index (χ4n) is 3.09. The Morgan fingerprint density at radius 3 is 2.29 bits per heavy atom. The SMILES string of the molecule is CCOC(=O)c1c(SC)nn2c(-c3ccccc3)cc(-c3ccccc3)nc12. The van der Waals surface area contributed by atoms with E-state index in [1.165, 1.54) is 11.8 Å². The molecule has 0 aliphatic rings. The standard InChI is InChI=1S/C22H19N3O2S/c1-3-27-22(26)19-20-23-17(15-10-6-4-7-11-15)14-18(16-12-8-5-9-13-16)25(20)24-21(19)28-2/h4-14H,3H2,1-2H3. The van der Waals surface area contributed by atoms with Gasteiger partial charge in [0.2, 0.25) is 0 Å². The first kappa shape index (κ1) is 18.3. The molecular formula is C22H19N3O2S. The van der Waals surface area contributed by atoms with Crippen molar-refractivity contribution >= 4 is 23.4 Å². The van der Waals surface area contributed by atoms with Gasteiger partial charge in [0.25, 0.3) is 0 Å². The molecule has 4 rings (SSSR count). The monoisotopic (exact) mass is 389 g/mol. The molecule has 0 N–H and O–H groups in total. The number of ether oxygens (including phenoxy) is 1. The van der Waals surface area contributed by atoms with Crippen LogP contribution >= 0.6 is 11.8 Å². The molecule has 2 aromatic carbocycles. The summed E-state index contributed by atoms with van der Waals surface area (Å²) in [6, 6.07) is 21.9. The number of benzene rings is 2. The van der Waals surface area contributed by atoms with Crippen LogP contribution in [0.5, 0.6) is 0 Å². The predicted molar refractivity (Wildman–Crippen MR) is 112 cm³/mol. The minimum atomic E-state index is -0.404. The molecule has 2 aromatic heterocycles. The number of rotatable bonds is 5. The van der Waals surface area contributed by atoms with E-state index in [0.717, 1.165) is 22.5 Å². The fraction of sp³-hybridized carbons (Fsp3) is 0.136. The van der Waals surface area contributed by atoms with E-state index in [1.807, 2.05) is 73.0 Å². The Morgan fingerprint density at radius 2 is 1.68 bits per heavy atom. The number of esters is 1. The summed E-state index contributed by atoms with van der Waals surface area (Å²) in [5.41, 5.74) is 4.54. The lowest BCUT2D eigenvalue weighted by atomic mass is 10.1. The van der Waals surface area contributed by atoms with Crippen molar-refractivity contribution in [3.05, 3.63) is 72.3 Å². The zero-order valence-electron chi connectivity index (χ0n) is 15.6. The maximum absolute atomic E-state index is 12.7. The molecule has 0 fully saturated rings. The lowest BCUT2D eigenvalue weighted by Crippen LogP contribution is -2.07. The Labute approximate surface area is 167 Å². The van der Waals surface area contributed by atoms with Crippen LogP contribution in [0.2, 0.25) is 0 Å². The largest absolute Gasteiger partial charge is 0.462 e. The molecule has 0 unspecified atom stereocenters. The number of carbonyl (C=O) groups is 1. The zero-order valence-corrected chi connectivity index (χ0v) is 16.4. The molecule has 4 aromatic rings. The van der Waals surface area contributed by atoms with Crippen LogP contribution in [-0.4, -0.2) is 33.4 Å². The number of thioether (sulfide) groups is 1. The smallest absolute Gasteiger partial charge is 0.344 e. The van der Waals surface area contributed by atoms with Gasteiger partial charge in [-0.2, -0.15) is 5.10 Å². The predicted octanol–water partition coefficient (Wildman–Crippen LogP) is 4.96. The van der Waals surface area contributed by atoms with Crippen molar-refractivity contribution in [3.63, 3.8) is 0 Å².